The van der Waals surface area contributed by atoms with E-state index in [2.05, 4.69) is 25.6 Å². The number of amides is 2. The largest absolute Gasteiger partial charge is 0.493 e. The first-order chi connectivity index (χ1) is 17.4. The first kappa shape index (κ1) is 27.2. The molecule has 1 aromatic carbocycles. The lowest BCUT2D eigenvalue weighted by Gasteiger charge is -2.22. The van der Waals surface area contributed by atoms with Crippen molar-refractivity contribution in [2.45, 2.75) is 39.3 Å². The van der Waals surface area contributed by atoms with Crippen LogP contribution in [0, 0.1) is 18.3 Å². The van der Waals surface area contributed by atoms with Gasteiger partial charge in [-0.15, -0.1) is 0 Å². The number of carbonyl (C=O) groups excluding carboxylic acids is 1. The lowest BCUT2D eigenvalue weighted by atomic mass is 9.83. The molecule has 0 saturated carbocycles. The molecule has 0 radical (unpaired) electrons. The summed E-state index contributed by atoms with van der Waals surface area (Å²) in [5.41, 5.74) is -1.49. The summed E-state index contributed by atoms with van der Waals surface area (Å²) in [4.78, 5) is 25.4. The fourth-order valence-corrected chi connectivity index (χ4v) is 3.44. The number of hydrogen-bond acceptors (Lipinski definition) is 7. The molecule has 2 heterocycles. The number of nitrogens with one attached hydrogen (secondary N) is 2. The van der Waals surface area contributed by atoms with Gasteiger partial charge in [-0.05, 0) is 45.4 Å². The van der Waals surface area contributed by atoms with E-state index in [4.69, 9.17) is 9.47 Å². The molecule has 2 aromatic heterocycles. The fourth-order valence-electron chi connectivity index (χ4n) is 3.44. The summed E-state index contributed by atoms with van der Waals surface area (Å²) in [5, 5.41) is 14.2. The van der Waals surface area contributed by atoms with E-state index in [-0.39, 0.29) is 16.9 Å². The van der Waals surface area contributed by atoms with Gasteiger partial charge in [-0.25, -0.2) is 19.7 Å². The fraction of sp³-hybridized carbons (Fsp3) is 0.320. The lowest BCUT2D eigenvalue weighted by molar-refractivity contribution is -0.138. The van der Waals surface area contributed by atoms with Crippen LogP contribution in [0.1, 0.15) is 37.6 Å². The number of urea groups is 1. The van der Waals surface area contributed by atoms with Crippen LogP contribution in [0.4, 0.5) is 29.3 Å². The van der Waals surface area contributed by atoms with Crippen LogP contribution >= 0.6 is 0 Å². The highest BCUT2D eigenvalue weighted by molar-refractivity contribution is 6.00. The van der Waals surface area contributed by atoms with E-state index in [0.717, 1.165) is 6.07 Å². The first-order valence-electron chi connectivity index (χ1n) is 11.1. The van der Waals surface area contributed by atoms with Crippen LogP contribution in [0.25, 0.3) is 11.4 Å². The van der Waals surface area contributed by atoms with Crippen molar-refractivity contribution >= 4 is 17.4 Å². The summed E-state index contributed by atoms with van der Waals surface area (Å²) in [5.74, 6) is 1.13. The predicted octanol–water partition coefficient (Wildman–Crippen LogP) is 5.72. The second-order valence-electron chi connectivity index (χ2n) is 8.42. The number of rotatable bonds is 7. The van der Waals surface area contributed by atoms with Crippen molar-refractivity contribution in [3.05, 3.63) is 53.5 Å². The molecule has 3 rings (SSSR count). The Morgan fingerprint density at radius 2 is 1.84 bits per heavy atom. The van der Waals surface area contributed by atoms with E-state index in [1.165, 1.54) is 45.5 Å². The summed E-state index contributed by atoms with van der Waals surface area (Å²) in [6.07, 6.45) is -1.83. The van der Waals surface area contributed by atoms with Gasteiger partial charge in [0.25, 0.3) is 0 Å². The van der Waals surface area contributed by atoms with Crippen molar-refractivity contribution in [3.8, 4) is 29.1 Å². The number of aromatic nitrogens is 3. The van der Waals surface area contributed by atoms with E-state index >= 15 is 0 Å². The van der Waals surface area contributed by atoms with Gasteiger partial charge in [0.1, 0.15) is 5.75 Å². The van der Waals surface area contributed by atoms with Gasteiger partial charge in [0.05, 0.1) is 53.9 Å². The number of alkyl halides is 3. The third-order valence-electron chi connectivity index (χ3n) is 5.35. The second-order valence-corrected chi connectivity index (χ2v) is 8.42. The van der Waals surface area contributed by atoms with Crippen molar-refractivity contribution in [2.75, 3.05) is 24.4 Å². The minimum Gasteiger partial charge on any atom is -0.493 e. The van der Waals surface area contributed by atoms with Gasteiger partial charge >= 0.3 is 12.2 Å². The Labute approximate surface area is 211 Å². The molecule has 0 bridgehead atoms. The summed E-state index contributed by atoms with van der Waals surface area (Å²) in [6.45, 7) is 6.64. The third kappa shape index (κ3) is 6.24. The number of ether oxygens (including phenoxy) is 2. The normalized spacial score (nSPS) is 11.4. The Kier molecular flexibility index (Phi) is 7.86. The maximum atomic E-state index is 13.7. The Hall–Kier alpha value is -4.40. The Balaban J connectivity index is 1.82. The molecule has 0 aliphatic carbocycles. The van der Waals surface area contributed by atoms with E-state index in [1.54, 1.807) is 13.0 Å². The number of methoxy groups -OCH3 is 1. The molecular formula is C25H25F3N6O3. The summed E-state index contributed by atoms with van der Waals surface area (Å²) >= 11 is 0. The summed E-state index contributed by atoms with van der Waals surface area (Å²) in [6, 6.07) is 5.98. The van der Waals surface area contributed by atoms with Crippen LogP contribution in [0.15, 0.2) is 36.7 Å². The van der Waals surface area contributed by atoms with Gasteiger partial charge in [-0.3, -0.25) is 0 Å². The lowest BCUT2D eigenvalue weighted by Crippen LogP contribution is -2.23. The molecule has 3 aromatic rings. The van der Waals surface area contributed by atoms with E-state index < -0.39 is 23.2 Å². The van der Waals surface area contributed by atoms with E-state index in [9.17, 15) is 23.2 Å². The van der Waals surface area contributed by atoms with Gasteiger partial charge in [0.2, 0.25) is 5.88 Å². The monoisotopic (exact) mass is 514 g/mol. The molecule has 0 atom stereocenters. The summed E-state index contributed by atoms with van der Waals surface area (Å²) < 4.78 is 51.7. The van der Waals surface area contributed by atoms with E-state index in [1.807, 2.05) is 13.0 Å². The van der Waals surface area contributed by atoms with Crippen molar-refractivity contribution in [2.24, 2.45) is 0 Å². The van der Waals surface area contributed by atoms with Gasteiger partial charge in [-0.2, -0.15) is 18.4 Å². The second kappa shape index (κ2) is 10.7. The molecule has 0 aliphatic heterocycles. The van der Waals surface area contributed by atoms with Gasteiger partial charge in [-0.1, -0.05) is 6.07 Å². The Morgan fingerprint density at radius 1 is 1.11 bits per heavy atom. The maximum Gasteiger partial charge on any atom is 0.416 e. The van der Waals surface area contributed by atoms with Crippen LogP contribution < -0.4 is 20.1 Å². The zero-order valence-electron chi connectivity index (χ0n) is 20.8. The van der Waals surface area contributed by atoms with Gasteiger partial charge in [0, 0.05) is 18.0 Å². The van der Waals surface area contributed by atoms with Gasteiger partial charge < -0.3 is 20.1 Å². The molecular weight excluding hydrogens is 489 g/mol. The molecule has 9 nitrogen and oxygen atoms in total. The SMILES string of the molecule is CCOc1cc(OC)ncc1-c1ncc(NC(=O)Nc2ccc(C(C)(C)C#N)c(C(F)(F)F)c2)c(C)n1. The van der Waals surface area contributed by atoms with Crippen molar-refractivity contribution in [3.63, 3.8) is 0 Å². The number of halogens is 3. The molecule has 0 aliphatic rings. The molecule has 0 saturated heterocycles. The third-order valence-corrected chi connectivity index (χ3v) is 5.35. The summed E-state index contributed by atoms with van der Waals surface area (Å²) in [7, 11) is 1.48. The Bertz CT molecular complexity index is 1350. The first-order valence-corrected chi connectivity index (χ1v) is 11.1. The van der Waals surface area contributed by atoms with Crippen molar-refractivity contribution < 1.29 is 27.4 Å². The highest BCUT2D eigenvalue weighted by Crippen LogP contribution is 2.39. The zero-order valence-corrected chi connectivity index (χ0v) is 20.8. The van der Waals surface area contributed by atoms with Crippen molar-refractivity contribution in [1.29, 1.82) is 5.26 Å². The molecule has 2 N–H and O–H groups in total. The molecule has 2 amide bonds. The molecule has 0 fully saturated rings. The van der Waals surface area contributed by atoms with Crippen molar-refractivity contribution in [1.82, 2.24) is 15.0 Å². The minimum atomic E-state index is -4.71. The van der Waals surface area contributed by atoms with Gasteiger partial charge in [0.15, 0.2) is 5.82 Å². The quantitative estimate of drug-likeness (QED) is 0.414. The number of hydrogen-bond donors (Lipinski definition) is 2. The predicted molar refractivity (Wildman–Crippen MR) is 130 cm³/mol. The average molecular weight is 515 g/mol. The Morgan fingerprint density at radius 3 is 2.43 bits per heavy atom. The van der Waals surface area contributed by atoms with Crippen LogP contribution in [0.5, 0.6) is 11.6 Å². The number of nitriles is 1. The minimum absolute atomic E-state index is 0.0943. The van der Waals surface area contributed by atoms with Crippen LogP contribution in [0.2, 0.25) is 0 Å². The zero-order chi connectivity index (χ0) is 27.4. The van der Waals surface area contributed by atoms with Crippen LogP contribution in [-0.2, 0) is 11.6 Å². The molecule has 37 heavy (non-hydrogen) atoms. The number of carbonyl (C=O) groups is 1. The smallest absolute Gasteiger partial charge is 0.416 e. The molecule has 0 spiro atoms. The number of pyridine rings is 1. The highest BCUT2D eigenvalue weighted by atomic mass is 19.4. The molecule has 12 heteroatoms. The maximum absolute atomic E-state index is 13.7. The topological polar surface area (TPSA) is 122 Å². The molecule has 194 valence electrons. The standard InChI is InChI=1S/C25H25F3N6O3/c1-6-37-20-10-21(36-5)30-11-16(20)22-31-12-19(14(2)32-22)34-23(35)33-15-7-8-17(24(3,4)13-29)18(9-15)25(26,27)28/h7-12H,6H2,1-5H3,(H2,33,34,35). The van der Waals surface area contributed by atoms with Crippen LogP contribution in [-0.4, -0.2) is 34.7 Å². The highest BCUT2D eigenvalue weighted by Gasteiger charge is 2.38. The van der Waals surface area contributed by atoms with Crippen LogP contribution in [0.3, 0.4) is 0 Å². The van der Waals surface area contributed by atoms with E-state index in [0.29, 0.717) is 35.3 Å². The number of benzene rings is 1. The molecule has 0 unspecified atom stereocenters. The number of nitrogens with zero attached hydrogens (tertiary/aromatic N) is 4. The number of aryl methyl sites for hydroxylation is 1. The number of anilines is 2. The average Bonchev–Trinajstić information content (AvgIpc) is 2.84.